The molecule has 150 valence electrons. The Bertz CT molecular complexity index is 989. The van der Waals surface area contributed by atoms with Crippen LogP contribution in [0.2, 0.25) is 0 Å². The Morgan fingerprint density at radius 2 is 1.69 bits per heavy atom. The predicted octanol–water partition coefficient (Wildman–Crippen LogP) is 4.86. The van der Waals surface area contributed by atoms with Gasteiger partial charge < -0.3 is 10.2 Å². The first-order valence-electron chi connectivity index (χ1n) is 9.26. The van der Waals surface area contributed by atoms with Gasteiger partial charge in [-0.05, 0) is 44.5 Å². The molecule has 0 aliphatic carbocycles. The summed E-state index contributed by atoms with van der Waals surface area (Å²) in [6.07, 6.45) is 0. The molecule has 0 saturated heterocycles. The fourth-order valence-corrected chi connectivity index (χ4v) is 2.88. The first-order valence-corrected chi connectivity index (χ1v) is 9.26. The van der Waals surface area contributed by atoms with E-state index in [9.17, 15) is 13.6 Å². The number of nitrogens with one attached hydrogen (secondary N) is 1. The van der Waals surface area contributed by atoms with Crippen LogP contribution in [0.25, 0.3) is 0 Å². The first kappa shape index (κ1) is 20.4. The van der Waals surface area contributed by atoms with Crippen molar-refractivity contribution in [2.24, 2.45) is 0 Å². The minimum absolute atomic E-state index is 0.0410. The maximum atomic E-state index is 13.9. The summed E-state index contributed by atoms with van der Waals surface area (Å²) in [5.74, 6) is -1.86. The van der Waals surface area contributed by atoms with Crippen LogP contribution in [0.1, 0.15) is 35.6 Å². The summed E-state index contributed by atoms with van der Waals surface area (Å²) in [5.41, 5.74) is 1.29. The number of hydrogen-bond donors (Lipinski definition) is 1. The second-order valence-corrected chi connectivity index (χ2v) is 6.95. The number of amides is 1. The van der Waals surface area contributed by atoms with Gasteiger partial charge >= 0.3 is 0 Å². The molecule has 0 fully saturated rings. The summed E-state index contributed by atoms with van der Waals surface area (Å²) in [6, 6.07) is 14.7. The number of anilines is 2. The zero-order chi connectivity index (χ0) is 21.0. The number of rotatable bonds is 6. The van der Waals surface area contributed by atoms with E-state index in [2.05, 4.69) is 15.3 Å². The monoisotopic (exact) mass is 396 g/mol. The number of carbonyl (C=O) groups is 1. The van der Waals surface area contributed by atoms with Crippen LogP contribution in [0, 0.1) is 18.6 Å². The predicted molar refractivity (Wildman–Crippen MR) is 108 cm³/mol. The summed E-state index contributed by atoms with van der Waals surface area (Å²) in [6.45, 7) is 5.95. The van der Waals surface area contributed by atoms with Gasteiger partial charge in [0, 0.05) is 18.3 Å². The second kappa shape index (κ2) is 8.77. The number of halogens is 2. The maximum absolute atomic E-state index is 13.9. The molecule has 0 aliphatic heterocycles. The summed E-state index contributed by atoms with van der Waals surface area (Å²) < 4.78 is 27.9. The maximum Gasteiger partial charge on any atom is 0.273 e. The number of nitrogens with zero attached hydrogens (tertiary/aromatic N) is 3. The lowest BCUT2D eigenvalue weighted by Crippen LogP contribution is -2.37. The second-order valence-electron chi connectivity index (χ2n) is 6.95. The van der Waals surface area contributed by atoms with E-state index < -0.39 is 11.6 Å². The van der Waals surface area contributed by atoms with Gasteiger partial charge in [0.1, 0.15) is 23.0 Å². The summed E-state index contributed by atoms with van der Waals surface area (Å²) in [5, 5.41) is 2.55. The lowest BCUT2D eigenvalue weighted by molar-refractivity contribution is 0.0684. The zero-order valence-electron chi connectivity index (χ0n) is 16.5. The molecule has 0 saturated carbocycles. The third-order valence-corrected chi connectivity index (χ3v) is 4.35. The molecule has 3 rings (SSSR count). The molecule has 5 nitrogen and oxygen atoms in total. The van der Waals surface area contributed by atoms with Crippen molar-refractivity contribution in [1.82, 2.24) is 14.9 Å². The van der Waals surface area contributed by atoms with E-state index in [1.165, 1.54) is 6.07 Å². The normalized spacial score (nSPS) is 10.8. The number of aromatic nitrogens is 2. The topological polar surface area (TPSA) is 58.1 Å². The third kappa shape index (κ3) is 4.93. The molecule has 0 aliphatic rings. The summed E-state index contributed by atoms with van der Waals surface area (Å²) in [4.78, 5) is 23.2. The van der Waals surface area contributed by atoms with Crippen molar-refractivity contribution >= 4 is 17.5 Å². The molecular weight excluding hydrogens is 374 g/mol. The van der Waals surface area contributed by atoms with Crippen molar-refractivity contribution in [3.63, 3.8) is 0 Å². The molecule has 0 atom stereocenters. The van der Waals surface area contributed by atoms with Crippen molar-refractivity contribution in [2.75, 3.05) is 5.32 Å². The van der Waals surface area contributed by atoms with Crippen LogP contribution in [-0.4, -0.2) is 26.8 Å². The Balaban J connectivity index is 1.90. The van der Waals surface area contributed by atoms with Gasteiger partial charge in [0.2, 0.25) is 5.95 Å². The molecule has 3 aromatic rings. The average Bonchev–Trinajstić information content (AvgIpc) is 2.69. The van der Waals surface area contributed by atoms with Crippen LogP contribution in [0.15, 0.2) is 54.6 Å². The molecule has 7 heteroatoms. The molecule has 0 bridgehead atoms. The Kier molecular flexibility index (Phi) is 6.16. The van der Waals surface area contributed by atoms with Gasteiger partial charge in [-0.2, -0.15) is 0 Å². The third-order valence-electron chi connectivity index (χ3n) is 4.35. The Morgan fingerprint density at radius 1 is 1.03 bits per heavy atom. The van der Waals surface area contributed by atoms with Crippen molar-refractivity contribution in [2.45, 2.75) is 33.4 Å². The smallest absolute Gasteiger partial charge is 0.273 e. The zero-order valence-corrected chi connectivity index (χ0v) is 16.5. The lowest BCUT2D eigenvalue weighted by Gasteiger charge is -2.26. The standard InChI is InChI=1S/C22H22F2N4O/c1-14(2)28(13-16-8-5-4-6-9-16)21(29)19-12-15(3)25-22(26-19)27-20-17(23)10-7-11-18(20)24/h4-12,14H,13H2,1-3H3,(H,25,26,27). The van der Waals surface area contributed by atoms with E-state index in [4.69, 9.17) is 0 Å². The molecule has 1 N–H and O–H groups in total. The van der Waals surface area contributed by atoms with Crippen LogP contribution < -0.4 is 5.32 Å². The van der Waals surface area contributed by atoms with Crippen LogP contribution in [0.4, 0.5) is 20.4 Å². The van der Waals surface area contributed by atoms with Crippen LogP contribution in [-0.2, 0) is 6.54 Å². The quantitative estimate of drug-likeness (QED) is 0.647. The van der Waals surface area contributed by atoms with E-state index in [0.717, 1.165) is 17.7 Å². The van der Waals surface area contributed by atoms with E-state index in [1.54, 1.807) is 17.9 Å². The lowest BCUT2D eigenvalue weighted by atomic mass is 10.1. The molecule has 1 heterocycles. The highest BCUT2D eigenvalue weighted by Crippen LogP contribution is 2.22. The van der Waals surface area contributed by atoms with Gasteiger partial charge in [0.15, 0.2) is 0 Å². The van der Waals surface area contributed by atoms with Gasteiger partial charge in [-0.25, -0.2) is 18.7 Å². The highest BCUT2D eigenvalue weighted by atomic mass is 19.1. The number of carbonyl (C=O) groups excluding carboxylic acids is 1. The van der Waals surface area contributed by atoms with E-state index in [1.807, 2.05) is 44.2 Å². The highest BCUT2D eigenvalue weighted by molar-refractivity contribution is 5.93. The molecule has 2 aromatic carbocycles. The number of benzene rings is 2. The first-order chi connectivity index (χ1) is 13.8. The van der Waals surface area contributed by atoms with Gasteiger partial charge in [-0.3, -0.25) is 4.79 Å². The number of hydrogen-bond acceptors (Lipinski definition) is 4. The molecular formula is C22H22F2N4O. The fourth-order valence-electron chi connectivity index (χ4n) is 2.88. The van der Waals surface area contributed by atoms with Crippen molar-refractivity contribution < 1.29 is 13.6 Å². The molecule has 0 spiro atoms. The van der Waals surface area contributed by atoms with E-state index in [-0.39, 0.29) is 29.3 Å². The van der Waals surface area contributed by atoms with Gasteiger partial charge in [-0.1, -0.05) is 36.4 Å². The largest absolute Gasteiger partial charge is 0.331 e. The Morgan fingerprint density at radius 3 is 2.31 bits per heavy atom. The average molecular weight is 396 g/mol. The summed E-state index contributed by atoms with van der Waals surface area (Å²) in [7, 11) is 0. The highest BCUT2D eigenvalue weighted by Gasteiger charge is 2.22. The SMILES string of the molecule is Cc1cc(C(=O)N(Cc2ccccc2)C(C)C)nc(Nc2c(F)cccc2F)n1. The number of para-hydroxylation sites is 1. The van der Waals surface area contributed by atoms with Crippen molar-refractivity contribution in [3.8, 4) is 0 Å². The van der Waals surface area contributed by atoms with E-state index in [0.29, 0.717) is 12.2 Å². The van der Waals surface area contributed by atoms with Crippen LogP contribution in [0.3, 0.4) is 0 Å². The minimum Gasteiger partial charge on any atom is -0.331 e. The number of aryl methyl sites for hydroxylation is 1. The van der Waals surface area contributed by atoms with Crippen LogP contribution in [0.5, 0.6) is 0 Å². The van der Waals surface area contributed by atoms with Gasteiger partial charge in [-0.15, -0.1) is 0 Å². The van der Waals surface area contributed by atoms with E-state index >= 15 is 0 Å². The van der Waals surface area contributed by atoms with Gasteiger partial charge in [0.25, 0.3) is 5.91 Å². The summed E-state index contributed by atoms with van der Waals surface area (Å²) >= 11 is 0. The van der Waals surface area contributed by atoms with Crippen LogP contribution >= 0.6 is 0 Å². The molecule has 1 amide bonds. The fraction of sp³-hybridized carbons (Fsp3) is 0.227. The van der Waals surface area contributed by atoms with Crippen molar-refractivity contribution in [1.29, 1.82) is 0 Å². The van der Waals surface area contributed by atoms with Gasteiger partial charge in [0.05, 0.1) is 0 Å². The van der Waals surface area contributed by atoms with Crippen molar-refractivity contribution in [3.05, 3.63) is 83.2 Å². The minimum atomic E-state index is -0.768. The Labute approximate surface area is 168 Å². The molecule has 0 radical (unpaired) electrons. The molecule has 29 heavy (non-hydrogen) atoms. The molecule has 0 unspecified atom stereocenters. The molecule has 1 aromatic heterocycles. The Hall–Kier alpha value is -3.35.